The van der Waals surface area contributed by atoms with Gasteiger partial charge in [0.15, 0.2) is 0 Å². The molecule has 16 heavy (non-hydrogen) atoms. The molecule has 6 nitrogen and oxygen atoms in total. The lowest BCUT2D eigenvalue weighted by Crippen LogP contribution is -2.50. The molecule has 0 heterocycles. The third-order valence-corrected chi connectivity index (χ3v) is 1.94. The number of carboxylic acid groups (broad SMARTS) is 1. The Kier molecular flexibility index (Phi) is 5.49. The summed E-state index contributed by atoms with van der Waals surface area (Å²) in [7, 11) is 1.24. The van der Waals surface area contributed by atoms with Gasteiger partial charge in [0.05, 0.1) is 7.11 Å². The Morgan fingerprint density at radius 1 is 1.25 bits per heavy atom. The fraction of sp³-hybridized carbons (Fsp3) is 0.700. The molecule has 0 aromatic heterocycles. The molecule has 0 unspecified atom stereocenters. The van der Waals surface area contributed by atoms with Crippen LogP contribution in [0.2, 0.25) is 0 Å². The van der Waals surface area contributed by atoms with E-state index >= 15 is 0 Å². The second kappa shape index (κ2) is 6.09. The van der Waals surface area contributed by atoms with Crippen LogP contribution < -0.4 is 5.32 Å². The van der Waals surface area contributed by atoms with Crippen LogP contribution in [-0.4, -0.2) is 35.6 Å². The van der Waals surface area contributed by atoms with Crippen LogP contribution >= 0.6 is 0 Å². The Hall–Kier alpha value is -1.59. The van der Waals surface area contributed by atoms with Crippen LogP contribution in [0.3, 0.4) is 0 Å². The van der Waals surface area contributed by atoms with E-state index < -0.39 is 17.5 Å². The van der Waals surface area contributed by atoms with Gasteiger partial charge in [-0.1, -0.05) is 0 Å². The van der Waals surface area contributed by atoms with Crippen LogP contribution in [0.5, 0.6) is 0 Å². The lowest BCUT2D eigenvalue weighted by atomic mass is 10.1. The maximum absolute atomic E-state index is 11.3. The number of esters is 1. The minimum atomic E-state index is -1.09. The quantitative estimate of drug-likeness (QED) is 0.642. The zero-order valence-corrected chi connectivity index (χ0v) is 9.70. The van der Waals surface area contributed by atoms with E-state index in [-0.39, 0.29) is 25.2 Å². The number of hydrogen-bond acceptors (Lipinski definition) is 4. The molecular weight excluding hydrogens is 214 g/mol. The van der Waals surface area contributed by atoms with Gasteiger partial charge in [0.1, 0.15) is 5.54 Å². The van der Waals surface area contributed by atoms with Gasteiger partial charge in [0.25, 0.3) is 0 Å². The number of methoxy groups -OCH3 is 1. The third kappa shape index (κ3) is 5.33. The average molecular weight is 231 g/mol. The molecule has 0 saturated heterocycles. The Labute approximate surface area is 94.0 Å². The van der Waals surface area contributed by atoms with E-state index in [0.717, 1.165) is 0 Å². The highest BCUT2D eigenvalue weighted by Crippen LogP contribution is 2.06. The van der Waals surface area contributed by atoms with Gasteiger partial charge in [-0.25, -0.2) is 4.79 Å². The zero-order chi connectivity index (χ0) is 12.8. The minimum absolute atomic E-state index is 0.0634. The first-order valence-electron chi connectivity index (χ1n) is 4.91. The van der Waals surface area contributed by atoms with E-state index in [4.69, 9.17) is 5.11 Å². The van der Waals surface area contributed by atoms with Crippen molar-refractivity contribution in [2.75, 3.05) is 7.11 Å². The van der Waals surface area contributed by atoms with Crippen LogP contribution in [0.15, 0.2) is 0 Å². The SMILES string of the molecule is COC(=O)C(C)(C)NC(=O)CCCC(=O)O. The molecule has 0 aliphatic rings. The summed E-state index contributed by atoms with van der Waals surface area (Å²) < 4.78 is 4.51. The van der Waals surface area contributed by atoms with Gasteiger partial charge in [-0.05, 0) is 20.3 Å². The van der Waals surface area contributed by atoms with E-state index in [1.807, 2.05) is 0 Å². The van der Waals surface area contributed by atoms with Crippen LogP contribution in [0, 0.1) is 0 Å². The van der Waals surface area contributed by atoms with Gasteiger partial charge in [-0.15, -0.1) is 0 Å². The van der Waals surface area contributed by atoms with E-state index in [2.05, 4.69) is 10.1 Å². The van der Waals surface area contributed by atoms with Crippen molar-refractivity contribution in [1.29, 1.82) is 0 Å². The number of carboxylic acids is 1. The first kappa shape index (κ1) is 14.4. The molecule has 0 rings (SSSR count). The highest BCUT2D eigenvalue weighted by molar-refractivity contribution is 5.87. The summed E-state index contributed by atoms with van der Waals surface area (Å²) >= 11 is 0. The van der Waals surface area contributed by atoms with Crippen LogP contribution in [0.1, 0.15) is 33.1 Å². The van der Waals surface area contributed by atoms with Crippen molar-refractivity contribution >= 4 is 17.8 Å². The monoisotopic (exact) mass is 231 g/mol. The number of rotatable bonds is 6. The maximum Gasteiger partial charge on any atom is 0.330 e. The maximum atomic E-state index is 11.3. The highest BCUT2D eigenvalue weighted by Gasteiger charge is 2.30. The van der Waals surface area contributed by atoms with Crippen molar-refractivity contribution in [2.45, 2.75) is 38.6 Å². The van der Waals surface area contributed by atoms with Gasteiger partial charge in [0.2, 0.25) is 5.91 Å². The molecule has 0 bridgehead atoms. The molecule has 1 amide bonds. The van der Waals surface area contributed by atoms with Gasteiger partial charge in [0, 0.05) is 12.8 Å². The van der Waals surface area contributed by atoms with E-state index in [0.29, 0.717) is 0 Å². The van der Waals surface area contributed by atoms with Gasteiger partial charge in [-0.3, -0.25) is 9.59 Å². The standard InChI is InChI=1S/C10H17NO5/c1-10(2,9(15)16-3)11-7(12)5-4-6-8(13)14/h4-6H2,1-3H3,(H,11,12)(H,13,14). The Morgan fingerprint density at radius 3 is 2.25 bits per heavy atom. The smallest absolute Gasteiger partial charge is 0.330 e. The first-order chi connectivity index (χ1) is 7.29. The number of hydrogen-bond donors (Lipinski definition) is 2. The number of aliphatic carboxylic acids is 1. The van der Waals surface area contributed by atoms with Crippen molar-refractivity contribution in [3.8, 4) is 0 Å². The Morgan fingerprint density at radius 2 is 1.81 bits per heavy atom. The zero-order valence-electron chi connectivity index (χ0n) is 9.70. The lowest BCUT2D eigenvalue weighted by molar-refractivity contribution is -0.149. The van der Waals surface area contributed by atoms with Crippen molar-refractivity contribution in [3.63, 3.8) is 0 Å². The summed E-state index contributed by atoms with van der Waals surface area (Å²) in [4.78, 5) is 32.8. The molecule has 0 aromatic carbocycles. The van der Waals surface area contributed by atoms with E-state index in [1.165, 1.54) is 21.0 Å². The van der Waals surface area contributed by atoms with Gasteiger partial charge < -0.3 is 15.2 Å². The molecule has 0 aromatic rings. The number of carbonyl (C=O) groups excluding carboxylic acids is 2. The number of amides is 1. The van der Waals surface area contributed by atoms with Crippen molar-refractivity contribution in [2.24, 2.45) is 0 Å². The summed E-state index contributed by atoms with van der Waals surface area (Å²) in [6.07, 6.45) is 0.261. The minimum Gasteiger partial charge on any atom is -0.481 e. The molecule has 0 saturated carbocycles. The lowest BCUT2D eigenvalue weighted by Gasteiger charge is -2.22. The summed E-state index contributed by atoms with van der Waals surface area (Å²) in [5, 5.41) is 10.9. The molecule has 0 radical (unpaired) electrons. The molecule has 0 fully saturated rings. The molecule has 0 spiro atoms. The first-order valence-corrected chi connectivity index (χ1v) is 4.91. The normalized spacial score (nSPS) is 10.7. The van der Waals surface area contributed by atoms with E-state index in [1.54, 1.807) is 0 Å². The van der Waals surface area contributed by atoms with Crippen LogP contribution in [-0.2, 0) is 19.1 Å². The predicted octanol–water partition coefficient (Wildman–Crippen LogP) is 0.309. The van der Waals surface area contributed by atoms with E-state index in [9.17, 15) is 14.4 Å². The fourth-order valence-electron chi connectivity index (χ4n) is 1.12. The van der Waals surface area contributed by atoms with Gasteiger partial charge >= 0.3 is 11.9 Å². The Balaban J connectivity index is 4.04. The Bertz CT molecular complexity index is 285. The number of ether oxygens (including phenoxy) is 1. The van der Waals surface area contributed by atoms with Crippen molar-refractivity contribution in [1.82, 2.24) is 5.32 Å². The largest absolute Gasteiger partial charge is 0.481 e. The summed E-state index contributed by atoms with van der Waals surface area (Å²) in [5.41, 5.74) is -1.09. The molecule has 0 aliphatic carbocycles. The van der Waals surface area contributed by atoms with Crippen molar-refractivity contribution < 1.29 is 24.2 Å². The van der Waals surface area contributed by atoms with Crippen molar-refractivity contribution in [3.05, 3.63) is 0 Å². The predicted molar refractivity (Wildman–Crippen MR) is 55.7 cm³/mol. The second-order valence-electron chi connectivity index (χ2n) is 3.91. The molecule has 92 valence electrons. The molecule has 2 N–H and O–H groups in total. The average Bonchev–Trinajstić information content (AvgIpc) is 2.14. The topological polar surface area (TPSA) is 92.7 Å². The molecular formula is C10H17NO5. The second-order valence-corrected chi connectivity index (χ2v) is 3.91. The van der Waals surface area contributed by atoms with Crippen LogP contribution in [0.4, 0.5) is 0 Å². The van der Waals surface area contributed by atoms with Crippen LogP contribution in [0.25, 0.3) is 0 Å². The number of nitrogens with one attached hydrogen (secondary N) is 1. The number of carbonyl (C=O) groups is 3. The van der Waals surface area contributed by atoms with Gasteiger partial charge in [-0.2, -0.15) is 0 Å². The fourth-order valence-corrected chi connectivity index (χ4v) is 1.12. The third-order valence-electron chi connectivity index (χ3n) is 1.94. The molecule has 6 heteroatoms. The summed E-state index contributed by atoms with van der Waals surface area (Å²) in [6, 6.07) is 0. The highest BCUT2D eigenvalue weighted by atomic mass is 16.5. The summed E-state index contributed by atoms with van der Waals surface area (Å²) in [5.74, 6) is -1.85. The molecule has 0 atom stereocenters. The molecule has 0 aliphatic heterocycles. The summed E-state index contributed by atoms with van der Waals surface area (Å²) in [6.45, 7) is 3.04.